The first-order valence-corrected chi connectivity index (χ1v) is 9.37. The monoisotopic (exact) mass is 398 g/mol. The Morgan fingerprint density at radius 3 is 2.59 bits per heavy atom. The van der Waals surface area contributed by atoms with Crippen LogP contribution >= 0.6 is 0 Å². The lowest BCUT2D eigenvalue weighted by Crippen LogP contribution is -2.47. The van der Waals surface area contributed by atoms with Crippen LogP contribution in [0.5, 0.6) is 17.2 Å². The van der Waals surface area contributed by atoms with E-state index in [0.717, 1.165) is 42.4 Å². The van der Waals surface area contributed by atoms with E-state index >= 15 is 0 Å². The second kappa shape index (κ2) is 8.48. The van der Waals surface area contributed by atoms with E-state index in [2.05, 4.69) is 21.3 Å². The van der Waals surface area contributed by atoms with Crippen molar-refractivity contribution in [2.45, 2.75) is 19.2 Å². The van der Waals surface area contributed by atoms with Crippen LogP contribution in [-0.4, -0.2) is 47.2 Å². The van der Waals surface area contributed by atoms with E-state index in [4.69, 9.17) is 14.2 Å². The van der Waals surface area contributed by atoms with E-state index < -0.39 is 0 Å². The summed E-state index contributed by atoms with van der Waals surface area (Å²) in [7, 11) is 3.30. The Morgan fingerprint density at radius 1 is 1.07 bits per heavy atom. The molecule has 1 saturated heterocycles. The molecule has 0 spiro atoms. The minimum atomic E-state index is -0.288. The zero-order valence-corrected chi connectivity index (χ0v) is 16.4. The molecule has 152 valence electrons. The van der Waals surface area contributed by atoms with Gasteiger partial charge in [-0.25, -0.2) is 9.07 Å². The Hall–Kier alpha value is -3.13. The summed E-state index contributed by atoms with van der Waals surface area (Å²) in [5, 5.41) is 8.39. The number of hydrogen-bond acceptors (Lipinski definition) is 6. The molecule has 0 bridgehead atoms. The number of ether oxygens (including phenoxy) is 3. The number of halogens is 1. The second-order valence-corrected chi connectivity index (χ2v) is 6.93. The molecule has 0 atom stereocenters. The Morgan fingerprint density at radius 2 is 1.86 bits per heavy atom. The van der Waals surface area contributed by atoms with E-state index in [-0.39, 0.29) is 11.9 Å². The minimum absolute atomic E-state index is 0.277. The molecule has 0 amide bonds. The summed E-state index contributed by atoms with van der Waals surface area (Å²) in [6, 6.07) is 12.1. The highest BCUT2D eigenvalue weighted by molar-refractivity contribution is 5.46. The molecule has 1 fully saturated rings. The number of methoxy groups -OCH3 is 2. The molecule has 0 radical (unpaired) electrons. The van der Waals surface area contributed by atoms with Gasteiger partial charge in [-0.2, -0.15) is 0 Å². The van der Waals surface area contributed by atoms with Gasteiger partial charge in [0.05, 0.1) is 26.5 Å². The van der Waals surface area contributed by atoms with Crippen LogP contribution in [0.3, 0.4) is 0 Å². The van der Waals surface area contributed by atoms with Gasteiger partial charge in [0.25, 0.3) is 0 Å². The fraction of sp³-hybridized carbons (Fsp3) is 0.333. The topological polar surface area (TPSA) is 61.6 Å². The summed E-state index contributed by atoms with van der Waals surface area (Å²) in [6.45, 7) is 2.83. The number of hydrogen-bond donors (Lipinski definition) is 0. The molecule has 0 unspecified atom stereocenters. The van der Waals surface area contributed by atoms with Crippen molar-refractivity contribution in [1.29, 1.82) is 0 Å². The third kappa shape index (κ3) is 4.32. The molecule has 2 heterocycles. The van der Waals surface area contributed by atoms with Gasteiger partial charge in [0.15, 0.2) is 11.5 Å². The van der Waals surface area contributed by atoms with Crippen LogP contribution in [0.2, 0.25) is 0 Å². The van der Waals surface area contributed by atoms with Crippen LogP contribution in [0.4, 0.5) is 4.39 Å². The SMILES string of the molecule is COc1cccc(CN2CC(n3cc(COc4ccc(F)cc4)nn3)C2)c1OC. The van der Waals surface area contributed by atoms with Gasteiger partial charge in [-0.15, -0.1) is 5.10 Å². The van der Waals surface area contributed by atoms with Gasteiger partial charge in [0, 0.05) is 25.2 Å². The molecule has 7 nitrogen and oxygen atoms in total. The summed E-state index contributed by atoms with van der Waals surface area (Å²) in [6.07, 6.45) is 1.90. The van der Waals surface area contributed by atoms with Gasteiger partial charge in [0.1, 0.15) is 23.9 Å². The Balaban J connectivity index is 1.30. The van der Waals surface area contributed by atoms with Crippen molar-refractivity contribution < 1.29 is 18.6 Å². The molecule has 2 aromatic carbocycles. The zero-order valence-electron chi connectivity index (χ0n) is 16.4. The highest BCUT2D eigenvalue weighted by Gasteiger charge is 2.30. The smallest absolute Gasteiger partial charge is 0.165 e. The average Bonchev–Trinajstić information content (AvgIpc) is 3.18. The predicted octanol–water partition coefficient (Wildman–Crippen LogP) is 3.07. The summed E-state index contributed by atoms with van der Waals surface area (Å²) in [4.78, 5) is 2.32. The second-order valence-electron chi connectivity index (χ2n) is 6.93. The largest absolute Gasteiger partial charge is 0.493 e. The quantitative estimate of drug-likeness (QED) is 0.581. The van der Waals surface area contributed by atoms with Crippen molar-refractivity contribution in [3.8, 4) is 17.2 Å². The van der Waals surface area contributed by atoms with E-state index in [9.17, 15) is 4.39 Å². The summed E-state index contributed by atoms with van der Waals surface area (Å²) in [5.74, 6) is 1.83. The molecule has 8 heteroatoms. The van der Waals surface area contributed by atoms with Crippen LogP contribution < -0.4 is 14.2 Å². The number of aromatic nitrogens is 3. The first-order valence-electron chi connectivity index (χ1n) is 9.37. The number of nitrogens with zero attached hydrogens (tertiary/aromatic N) is 4. The molecule has 0 N–H and O–H groups in total. The lowest BCUT2D eigenvalue weighted by molar-refractivity contribution is 0.0885. The molecule has 4 rings (SSSR count). The van der Waals surface area contributed by atoms with Crippen molar-refractivity contribution in [2.24, 2.45) is 0 Å². The molecule has 1 aliphatic heterocycles. The maximum atomic E-state index is 12.9. The number of likely N-dealkylation sites (tertiary alicyclic amines) is 1. The Labute approximate surface area is 168 Å². The van der Waals surface area contributed by atoms with Crippen molar-refractivity contribution in [2.75, 3.05) is 27.3 Å². The molecule has 0 saturated carbocycles. The Kier molecular flexibility index (Phi) is 5.62. The maximum Gasteiger partial charge on any atom is 0.165 e. The van der Waals surface area contributed by atoms with E-state index in [1.54, 1.807) is 26.4 Å². The van der Waals surface area contributed by atoms with Gasteiger partial charge >= 0.3 is 0 Å². The average molecular weight is 398 g/mol. The summed E-state index contributed by atoms with van der Waals surface area (Å²) in [5.41, 5.74) is 1.83. The normalized spacial score (nSPS) is 14.4. The van der Waals surface area contributed by atoms with Gasteiger partial charge in [0.2, 0.25) is 0 Å². The number of benzene rings is 2. The maximum absolute atomic E-state index is 12.9. The van der Waals surface area contributed by atoms with Crippen LogP contribution in [0, 0.1) is 5.82 Å². The molecule has 1 aromatic heterocycles. The van der Waals surface area contributed by atoms with Crippen molar-refractivity contribution in [1.82, 2.24) is 19.9 Å². The van der Waals surface area contributed by atoms with Crippen molar-refractivity contribution in [3.63, 3.8) is 0 Å². The van der Waals surface area contributed by atoms with Crippen molar-refractivity contribution >= 4 is 0 Å². The third-order valence-corrected chi connectivity index (χ3v) is 4.95. The predicted molar refractivity (Wildman–Crippen MR) is 105 cm³/mol. The lowest BCUT2D eigenvalue weighted by atomic mass is 10.1. The van der Waals surface area contributed by atoms with Gasteiger partial charge in [-0.1, -0.05) is 17.3 Å². The van der Waals surface area contributed by atoms with Crippen LogP contribution in [0.25, 0.3) is 0 Å². The fourth-order valence-corrected chi connectivity index (χ4v) is 3.40. The molecular weight excluding hydrogens is 375 g/mol. The number of rotatable bonds is 8. The molecule has 29 heavy (non-hydrogen) atoms. The summed E-state index contributed by atoms with van der Waals surface area (Å²) < 4.78 is 31.3. The van der Waals surface area contributed by atoms with E-state index in [0.29, 0.717) is 12.4 Å². The van der Waals surface area contributed by atoms with E-state index in [1.165, 1.54) is 12.1 Å². The molecule has 1 aliphatic rings. The highest BCUT2D eigenvalue weighted by atomic mass is 19.1. The van der Waals surface area contributed by atoms with E-state index in [1.807, 2.05) is 23.0 Å². The standard InChI is InChI=1S/C21H23FN4O3/c1-27-20-5-3-4-15(21(20)28-2)10-25-12-18(13-25)26-11-17(23-24-26)14-29-19-8-6-16(22)7-9-19/h3-9,11,18H,10,12-14H2,1-2H3. The van der Waals surface area contributed by atoms with Crippen molar-refractivity contribution in [3.05, 3.63) is 65.7 Å². The fourth-order valence-electron chi connectivity index (χ4n) is 3.40. The minimum Gasteiger partial charge on any atom is -0.493 e. The van der Waals surface area contributed by atoms with Gasteiger partial charge in [-0.05, 0) is 30.3 Å². The first-order chi connectivity index (χ1) is 14.2. The summed E-state index contributed by atoms with van der Waals surface area (Å²) >= 11 is 0. The highest BCUT2D eigenvalue weighted by Crippen LogP contribution is 2.33. The van der Waals surface area contributed by atoms with Gasteiger partial charge < -0.3 is 14.2 Å². The zero-order chi connectivity index (χ0) is 20.2. The van der Waals surface area contributed by atoms with Crippen LogP contribution in [0.1, 0.15) is 17.3 Å². The molecule has 3 aromatic rings. The third-order valence-electron chi connectivity index (χ3n) is 4.95. The number of para-hydroxylation sites is 1. The lowest BCUT2D eigenvalue weighted by Gasteiger charge is -2.39. The van der Waals surface area contributed by atoms with Crippen LogP contribution in [-0.2, 0) is 13.2 Å². The molecule has 0 aliphatic carbocycles. The first kappa shape index (κ1) is 19.2. The Bertz CT molecular complexity index is 955. The van der Waals surface area contributed by atoms with Crippen LogP contribution in [0.15, 0.2) is 48.7 Å². The van der Waals surface area contributed by atoms with Gasteiger partial charge in [-0.3, -0.25) is 4.90 Å². The molecular formula is C21H23FN4O3.